The molecule has 17 heavy (non-hydrogen) atoms. The first-order valence-electron chi connectivity index (χ1n) is 5.76. The van der Waals surface area contributed by atoms with Gasteiger partial charge in [0.05, 0.1) is 6.42 Å². The van der Waals surface area contributed by atoms with Gasteiger partial charge in [0.1, 0.15) is 0 Å². The van der Waals surface area contributed by atoms with E-state index in [0.717, 1.165) is 12.8 Å². The van der Waals surface area contributed by atoms with Gasteiger partial charge in [-0.15, -0.1) is 0 Å². The van der Waals surface area contributed by atoms with Crippen molar-refractivity contribution >= 4 is 11.9 Å². The van der Waals surface area contributed by atoms with Crippen molar-refractivity contribution in [3.05, 3.63) is 35.9 Å². The molecule has 1 heterocycles. The van der Waals surface area contributed by atoms with Gasteiger partial charge in [0.15, 0.2) is 0 Å². The largest absolute Gasteiger partial charge is 0.481 e. The highest BCUT2D eigenvalue weighted by Gasteiger charge is 2.30. The number of hydrogen-bond donors (Lipinski definition) is 1. The third kappa shape index (κ3) is 2.64. The summed E-state index contributed by atoms with van der Waals surface area (Å²) in [5.74, 6) is -0.905. The molecule has 1 fully saturated rings. The minimum absolute atomic E-state index is 0.0403. The molecule has 1 atom stereocenters. The van der Waals surface area contributed by atoms with E-state index in [0.29, 0.717) is 12.1 Å². The monoisotopic (exact) mass is 233 g/mol. The number of aliphatic carboxylic acids is 1. The number of hydrogen-bond acceptors (Lipinski definition) is 2. The van der Waals surface area contributed by atoms with Crippen LogP contribution >= 0.6 is 0 Å². The molecule has 1 N–H and O–H groups in total. The van der Waals surface area contributed by atoms with E-state index in [1.165, 1.54) is 0 Å². The number of likely N-dealkylation sites (tertiary alicyclic amines) is 1. The molecule has 0 saturated carbocycles. The molecule has 0 radical (unpaired) electrons. The van der Waals surface area contributed by atoms with Crippen LogP contribution in [0.1, 0.15) is 29.6 Å². The molecule has 0 aromatic heterocycles. The number of carboxylic acids is 1. The van der Waals surface area contributed by atoms with E-state index in [2.05, 4.69) is 0 Å². The Bertz CT molecular complexity index is 416. The van der Waals surface area contributed by atoms with Crippen molar-refractivity contribution in [2.24, 2.45) is 0 Å². The molecule has 0 bridgehead atoms. The van der Waals surface area contributed by atoms with E-state index in [4.69, 9.17) is 5.11 Å². The van der Waals surface area contributed by atoms with Crippen molar-refractivity contribution in [3.63, 3.8) is 0 Å². The van der Waals surface area contributed by atoms with E-state index in [1.807, 2.05) is 18.2 Å². The Morgan fingerprint density at radius 1 is 1.29 bits per heavy atom. The average molecular weight is 233 g/mol. The van der Waals surface area contributed by atoms with Gasteiger partial charge in [-0.2, -0.15) is 0 Å². The van der Waals surface area contributed by atoms with Gasteiger partial charge in [-0.1, -0.05) is 18.2 Å². The van der Waals surface area contributed by atoms with Crippen molar-refractivity contribution in [1.82, 2.24) is 4.90 Å². The Morgan fingerprint density at radius 3 is 2.65 bits per heavy atom. The van der Waals surface area contributed by atoms with Crippen LogP contribution in [0.5, 0.6) is 0 Å². The summed E-state index contributed by atoms with van der Waals surface area (Å²) in [5.41, 5.74) is 0.629. The van der Waals surface area contributed by atoms with Gasteiger partial charge >= 0.3 is 5.97 Å². The molecule has 1 aromatic carbocycles. The number of benzene rings is 1. The first-order valence-corrected chi connectivity index (χ1v) is 5.76. The molecule has 1 amide bonds. The first kappa shape index (κ1) is 11.6. The minimum atomic E-state index is -0.845. The molecule has 4 heteroatoms. The second kappa shape index (κ2) is 4.99. The maximum absolute atomic E-state index is 12.2. The fourth-order valence-corrected chi connectivity index (χ4v) is 2.26. The quantitative estimate of drug-likeness (QED) is 0.865. The standard InChI is InChI=1S/C13H15NO3/c15-12(16)9-11-7-4-8-14(11)13(17)10-5-2-1-3-6-10/h1-3,5-6,11H,4,7-9H2,(H,15,16)/t11-/m0/s1. The Labute approximate surface area is 99.9 Å². The van der Waals surface area contributed by atoms with Gasteiger partial charge in [-0.25, -0.2) is 0 Å². The van der Waals surface area contributed by atoms with E-state index < -0.39 is 5.97 Å². The van der Waals surface area contributed by atoms with Crippen LogP contribution < -0.4 is 0 Å². The Hall–Kier alpha value is -1.84. The fourth-order valence-electron chi connectivity index (χ4n) is 2.26. The summed E-state index contributed by atoms with van der Waals surface area (Å²) in [6.45, 7) is 0.658. The van der Waals surface area contributed by atoms with Crippen molar-refractivity contribution < 1.29 is 14.7 Å². The maximum atomic E-state index is 12.2. The number of carbonyl (C=O) groups is 2. The predicted octanol–water partition coefficient (Wildman–Crippen LogP) is 1.77. The Balaban J connectivity index is 2.11. The summed E-state index contributed by atoms with van der Waals surface area (Å²) < 4.78 is 0. The number of carboxylic acid groups (broad SMARTS) is 1. The lowest BCUT2D eigenvalue weighted by atomic mass is 10.1. The molecule has 2 rings (SSSR count). The van der Waals surface area contributed by atoms with E-state index in [-0.39, 0.29) is 18.4 Å². The van der Waals surface area contributed by atoms with Crippen LogP contribution in [-0.4, -0.2) is 34.5 Å². The van der Waals surface area contributed by atoms with Gasteiger partial charge in [0, 0.05) is 18.2 Å². The summed E-state index contributed by atoms with van der Waals surface area (Å²) in [6, 6.07) is 8.86. The number of amides is 1. The zero-order valence-corrected chi connectivity index (χ0v) is 9.50. The van der Waals surface area contributed by atoms with Crippen LogP contribution in [0.2, 0.25) is 0 Å². The van der Waals surface area contributed by atoms with Crippen molar-refractivity contribution in [2.75, 3.05) is 6.54 Å². The molecule has 90 valence electrons. The fraction of sp³-hybridized carbons (Fsp3) is 0.385. The molecule has 4 nitrogen and oxygen atoms in total. The lowest BCUT2D eigenvalue weighted by molar-refractivity contribution is -0.137. The summed E-state index contributed by atoms with van der Waals surface area (Å²) >= 11 is 0. The minimum Gasteiger partial charge on any atom is -0.481 e. The summed E-state index contributed by atoms with van der Waals surface area (Å²) in [5, 5.41) is 8.81. The van der Waals surface area contributed by atoms with E-state index in [9.17, 15) is 9.59 Å². The van der Waals surface area contributed by atoms with Gasteiger partial charge in [-0.05, 0) is 25.0 Å². The Morgan fingerprint density at radius 2 is 2.00 bits per heavy atom. The molecule has 1 saturated heterocycles. The smallest absolute Gasteiger partial charge is 0.305 e. The van der Waals surface area contributed by atoms with Crippen molar-refractivity contribution in [1.29, 1.82) is 0 Å². The highest BCUT2D eigenvalue weighted by molar-refractivity contribution is 5.94. The topological polar surface area (TPSA) is 57.6 Å². The maximum Gasteiger partial charge on any atom is 0.305 e. The lowest BCUT2D eigenvalue weighted by Crippen LogP contribution is -2.36. The van der Waals surface area contributed by atoms with E-state index in [1.54, 1.807) is 17.0 Å². The van der Waals surface area contributed by atoms with Crippen LogP contribution in [0.25, 0.3) is 0 Å². The molecule has 1 aliphatic heterocycles. The zero-order valence-electron chi connectivity index (χ0n) is 9.50. The molecule has 1 aromatic rings. The van der Waals surface area contributed by atoms with E-state index >= 15 is 0 Å². The SMILES string of the molecule is O=C(O)C[C@@H]1CCCN1C(=O)c1ccccc1. The summed E-state index contributed by atoms with van der Waals surface area (Å²) in [4.78, 5) is 24.6. The average Bonchev–Trinajstić information content (AvgIpc) is 2.76. The highest BCUT2D eigenvalue weighted by Crippen LogP contribution is 2.22. The number of nitrogens with zero attached hydrogens (tertiary/aromatic N) is 1. The van der Waals surface area contributed by atoms with Gasteiger partial charge < -0.3 is 10.0 Å². The van der Waals surface area contributed by atoms with Gasteiger partial charge in [-0.3, -0.25) is 9.59 Å². The number of carbonyl (C=O) groups excluding carboxylic acids is 1. The summed E-state index contributed by atoms with van der Waals surface area (Å²) in [6.07, 6.45) is 1.71. The Kier molecular flexibility index (Phi) is 3.42. The van der Waals surface area contributed by atoms with Gasteiger partial charge in [0.2, 0.25) is 0 Å². The normalized spacial score (nSPS) is 19.3. The van der Waals surface area contributed by atoms with Crippen LogP contribution in [0.4, 0.5) is 0 Å². The highest BCUT2D eigenvalue weighted by atomic mass is 16.4. The first-order chi connectivity index (χ1) is 8.18. The van der Waals surface area contributed by atoms with Crippen LogP contribution in [0.15, 0.2) is 30.3 Å². The zero-order chi connectivity index (χ0) is 12.3. The molecule has 1 aliphatic rings. The van der Waals surface area contributed by atoms with Crippen molar-refractivity contribution in [2.45, 2.75) is 25.3 Å². The molecule has 0 spiro atoms. The third-order valence-electron chi connectivity index (χ3n) is 3.07. The van der Waals surface area contributed by atoms with Crippen LogP contribution in [0, 0.1) is 0 Å². The molecular formula is C13H15NO3. The number of rotatable bonds is 3. The summed E-state index contributed by atoms with van der Waals surface area (Å²) in [7, 11) is 0. The van der Waals surface area contributed by atoms with Crippen LogP contribution in [0.3, 0.4) is 0 Å². The molecular weight excluding hydrogens is 218 g/mol. The second-order valence-electron chi connectivity index (χ2n) is 4.26. The predicted molar refractivity (Wildman–Crippen MR) is 62.8 cm³/mol. The van der Waals surface area contributed by atoms with Crippen molar-refractivity contribution in [3.8, 4) is 0 Å². The molecule has 0 aliphatic carbocycles. The second-order valence-corrected chi connectivity index (χ2v) is 4.26. The van der Waals surface area contributed by atoms with Gasteiger partial charge in [0.25, 0.3) is 5.91 Å². The third-order valence-corrected chi connectivity index (χ3v) is 3.07. The molecule has 0 unspecified atom stereocenters. The lowest BCUT2D eigenvalue weighted by Gasteiger charge is -2.23. The van der Waals surface area contributed by atoms with Crippen LogP contribution in [-0.2, 0) is 4.79 Å².